The Kier molecular flexibility index (Phi) is 3.67. The highest BCUT2D eigenvalue weighted by atomic mass is 35.5. The van der Waals surface area contributed by atoms with Crippen LogP contribution >= 0.6 is 11.6 Å². The van der Waals surface area contributed by atoms with Crippen LogP contribution in [0.2, 0.25) is 0 Å². The number of rotatable bonds is 4. The number of alkyl halides is 1. The molecule has 2 aromatic rings. The number of aliphatic carboxylic acids is 1. The van der Waals surface area contributed by atoms with Gasteiger partial charge in [-0.05, 0) is 11.1 Å². The van der Waals surface area contributed by atoms with E-state index in [0.717, 1.165) is 0 Å². The summed E-state index contributed by atoms with van der Waals surface area (Å²) in [5.41, 5.74) is 0.880. The smallest absolute Gasteiger partial charge is 0.374 e. The number of hydrogen-bond donors (Lipinski definition) is 1. The topological polar surface area (TPSA) is 54.4 Å². The van der Waals surface area contributed by atoms with Crippen molar-refractivity contribution in [1.82, 2.24) is 0 Å². The summed E-state index contributed by atoms with van der Waals surface area (Å²) >= 11 is 6.41. The molecular formula is C15H11ClO3. The summed E-state index contributed by atoms with van der Waals surface area (Å²) in [6.45, 7) is 0. The molecule has 0 saturated carbocycles. The van der Waals surface area contributed by atoms with Gasteiger partial charge in [0.05, 0.1) is 0 Å². The molecule has 96 valence electrons. The molecule has 2 rings (SSSR count). The molecular weight excluding hydrogens is 264 g/mol. The molecule has 4 heteroatoms. The van der Waals surface area contributed by atoms with Crippen molar-refractivity contribution in [3.63, 3.8) is 0 Å². The number of hydrogen-bond acceptors (Lipinski definition) is 2. The van der Waals surface area contributed by atoms with E-state index in [1.165, 1.54) is 0 Å². The molecule has 0 radical (unpaired) electrons. The van der Waals surface area contributed by atoms with Gasteiger partial charge < -0.3 is 5.11 Å². The predicted octanol–water partition coefficient (Wildman–Crippen LogP) is 2.82. The molecule has 3 nitrogen and oxygen atoms in total. The summed E-state index contributed by atoms with van der Waals surface area (Å²) in [6, 6.07) is 17.0. The fourth-order valence-corrected chi connectivity index (χ4v) is 2.24. The fraction of sp³-hybridized carbons (Fsp3) is 0.0667. The van der Waals surface area contributed by atoms with Gasteiger partial charge in [0, 0.05) is 0 Å². The lowest BCUT2D eigenvalue weighted by Gasteiger charge is -2.24. The standard InChI is InChI=1S/C15H11ClO3/c16-15(13(17)14(18)19,11-7-3-1-4-8-11)12-9-5-2-6-10-12/h1-10H,(H,18,19). The van der Waals surface area contributed by atoms with Gasteiger partial charge in [0.25, 0.3) is 5.78 Å². The van der Waals surface area contributed by atoms with E-state index in [4.69, 9.17) is 16.7 Å². The molecule has 0 aliphatic heterocycles. The van der Waals surface area contributed by atoms with Crippen molar-refractivity contribution < 1.29 is 14.7 Å². The lowest BCUT2D eigenvalue weighted by Crippen LogP contribution is -2.36. The lowest BCUT2D eigenvalue weighted by atomic mass is 9.86. The predicted molar refractivity (Wildman–Crippen MR) is 72.2 cm³/mol. The number of carboxylic acid groups (broad SMARTS) is 1. The van der Waals surface area contributed by atoms with Crippen LogP contribution in [0.4, 0.5) is 0 Å². The second kappa shape index (κ2) is 5.24. The van der Waals surface area contributed by atoms with Gasteiger partial charge in [-0.25, -0.2) is 4.79 Å². The van der Waals surface area contributed by atoms with Gasteiger partial charge in [-0.2, -0.15) is 0 Å². The largest absolute Gasteiger partial charge is 0.475 e. The maximum atomic E-state index is 12.0. The second-order valence-corrected chi connectivity index (χ2v) is 4.59. The minimum atomic E-state index is -1.70. The van der Waals surface area contributed by atoms with Crippen LogP contribution in [-0.2, 0) is 14.5 Å². The molecule has 0 unspecified atom stereocenters. The third kappa shape index (κ3) is 2.37. The van der Waals surface area contributed by atoms with Gasteiger partial charge in [-0.3, -0.25) is 4.79 Å². The monoisotopic (exact) mass is 274 g/mol. The fourth-order valence-electron chi connectivity index (χ4n) is 1.91. The Bertz CT molecular complexity index is 554. The van der Waals surface area contributed by atoms with Crippen LogP contribution in [0.25, 0.3) is 0 Å². The maximum Gasteiger partial charge on any atom is 0.374 e. The van der Waals surface area contributed by atoms with Crippen molar-refractivity contribution in [2.75, 3.05) is 0 Å². The molecule has 0 spiro atoms. The molecule has 1 N–H and O–H groups in total. The van der Waals surface area contributed by atoms with Crippen molar-refractivity contribution in [3.05, 3.63) is 71.8 Å². The summed E-state index contributed by atoms with van der Waals surface area (Å²) in [5.74, 6) is -2.62. The van der Waals surface area contributed by atoms with E-state index in [-0.39, 0.29) is 0 Å². The molecule has 0 aliphatic rings. The van der Waals surface area contributed by atoms with Crippen molar-refractivity contribution >= 4 is 23.4 Å². The van der Waals surface area contributed by atoms with Crippen LogP contribution in [0.3, 0.4) is 0 Å². The first-order valence-corrected chi connectivity index (χ1v) is 6.02. The number of benzene rings is 2. The molecule has 0 aliphatic carbocycles. The minimum Gasteiger partial charge on any atom is -0.475 e. The van der Waals surface area contributed by atoms with Gasteiger partial charge in [0.15, 0.2) is 4.87 Å². The van der Waals surface area contributed by atoms with Crippen LogP contribution in [0, 0.1) is 0 Å². The average molecular weight is 275 g/mol. The number of carboxylic acids is 1. The zero-order valence-corrected chi connectivity index (χ0v) is 10.7. The zero-order valence-electron chi connectivity index (χ0n) is 9.92. The van der Waals surface area contributed by atoms with E-state index in [9.17, 15) is 9.59 Å². The van der Waals surface area contributed by atoms with Gasteiger partial charge in [0.1, 0.15) is 0 Å². The number of halogens is 1. The van der Waals surface area contributed by atoms with Crippen LogP contribution in [0.1, 0.15) is 11.1 Å². The van der Waals surface area contributed by atoms with Gasteiger partial charge in [-0.15, -0.1) is 0 Å². The van der Waals surface area contributed by atoms with Gasteiger partial charge in [-0.1, -0.05) is 72.3 Å². The molecule has 0 saturated heterocycles. The van der Waals surface area contributed by atoms with E-state index in [0.29, 0.717) is 11.1 Å². The van der Waals surface area contributed by atoms with Gasteiger partial charge in [0.2, 0.25) is 0 Å². The molecule has 0 aromatic heterocycles. The second-order valence-electron chi connectivity index (χ2n) is 4.02. The van der Waals surface area contributed by atoms with Crippen LogP contribution in [0.5, 0.6) is 0 Å². The SMILES string of the molecule is O=C(O)C(=O)C(Cl)(c1ccccc1)c1ccccc1. The third-order valence-electron chi connectivity index (χ3n) is 2.85. The van der Waals surface area contributed by atoms with E-state index < -0.39 is 16.6 Å². The molecule has 2 aromatic carbocycles. The first-order chi connectivity index (χ1) is 9.06. The highest BCUT2D eigenvalue weighted by Gasteiger charge is 2.43. The summed E-state index contributed by atoms with van der Waals surface area (Å²) in [7, 11) is 0. The van der Waals surface area contributed by atoms with E-state index in [1.807, 2.05) is 0 Å². The summed E-state index contributed by atoms with van der Waals surface area (Å²) in [5, 5.41) is 9.01. The van der Waals surface area contributed by atoms with E-state index in [2.05, 4.69) is 0 Å². The van der Waals surface area contributed by atoms with E-state index in [1.54, 1.807) is 60.7 Å². The van der Waals surface area contributed by atoms with E-state index >= 15 is 0 Å². The summed E-state index contributed by atoms with van der Waals surface area (Å²) < 4.78 is 0. The Morgan fingerprint density at radius 2 is 1.21 bits per heavy atom. The molecule has 19 heavy (non-hydrogen) atoms. The summed E-state index contributed by atoms with van der Waals surface area (Å²) in [6.07, 6.45) is 0. The molecule has 0 heterocycles. The number of Topliss-reactive ketones (excluding diaryl/α,β-unsaturated/α-hetero) is 1. The number of carbonyl (C=O) groups excluding carboxylic acids is 1. The number of ketones is 1. The molecule has 0 bridgehead atoms. The quantitative estimate of drug-likeness (QED) is 0.689. The van der Waals surface area contributed by atoms with Crippen molar-refractivity contribution in [2.24, 2.45) is 0 Å². The average Bonchev–Trinajstić information content (AvgIpc) is 2.47. The minimum absolute atomic E-state index is 0.440. The Morgan fingerprint density at radius 3 is 1.53 bits per heavy atom. The van der Waals surface area contributed by atoms with Crippen LogP contribution in [0.15, 0.2) is 60.7 Å². The Labute approximate surface area is 115 Å². The van der Waals surface area contributed by atoms with Crippen LogP contribution < -0.4 is 0 Å². The zero-order chi connectivity index (χ0) is 13.9. The molecule has 0 amide bonds. The molecule has 0 fully saturated rings. The lowest BCUT2D eigenvalue weighted by molar-refractivity contribution is -0.150. The van der Waals surface area contributed by atoms with Crippen molar-refractivity contribution in [3.8, 4) is 0 Å². The first-order valence-electron chi connectivity index (χ1n) is 5.64. The Balaban J connectivity index is 2.64. The summed E-state index contributed by atoms with van der Waals surface area (Å²) in [4.78, 5) is 21.4. The van der Waals surface area contributed by atoms with Crippen LogP contribution in [-0.4, -0.2) is 16.9 Å². The first kappa shape index (κ1) is 13.3. The Hall–Kier alpha value is -2.13. The highest BCUT2D eigenvalue weighted by Crippen LogP contribution is 2.37. The maximum absolute atomic E-state index is 12.0. The molecule has 0 atom stereocenters. The highest BCUT2D eigenvalue weighted by molar-refractivity contribution is 6.51. The Morgan fingerprint density at radius 1 is 0.842 bits per heavy atom. The number of carbonyl (C=O) groups is 2. The van der Waals surface area contributed by atoms with Crippen molar-refractivity contribution in [1.29, 1.82) is 0 Å². The van der Waals surface area contributed by atoms with Gasteiger partial charge >= 0.3 is 5.97 Å². The van der Waals surface area contributed by atoms with Crippen molar-refractivity contribution in [2.45, 2.75) is 4.87 Å². The normalized spacial score (nSPS) is 11.0. The third-order valence-corrected chi connectivity index (χ3v) is 3.46.